The fourth-order valence-electron chi connectivity index (χ4n) is 2.81. The predicted octanol–water partition coefficient (Wildman–Crippen LogP) is 2.42. The van der Waals surface area contributed by atoms with Crippen LogP contribution < -0.4 is 0 Å². The van der Waals surface area contributed by atoms with Crippen molar-refractivity contribution in [3.05, 3.63) is 16.1 Å². The largest absolute Gasteiger partial charge is 0.480 e. The smallest absolute Gasteiger partial charge is 0.317 e. The molecule has 1 saturated heterocycles. The van der Waals surface area contributed by atoms with Gasteiger partial charge in [0.05, 0.1) is 17.2 Å². The molecule has 1 aliphatic rings. The summed E-state index contributed by atoms with van der Waals surface area (Å²) in [5.41, 5.74) is 1.28. The van der Waals surface area contributed by atoms with Gasteiger partial charge in [-0.15, -0.1) is 11.3 Å². The molecule has 6 heteroatoms. The third-order valence-electron chi connectivity index (χ3n) is 4.14. The number of rotatable bonds is 5. The molecule has 5 nitrogen and oxygen atoms in total. The van der Waals surface area contributed by atoms with Crippen LogP contribution in [0.25, 0.3) is 0 Å². The van der Waals surface area contributed by atoms with Crippen LogP contribution in [0.15, 0.2) is 5.38 Å². The summed E-state index contributed by atoms with van der Waals surface area (Å²) in [6.07, 6.45) is 2.06. The molecule has 0 unspecified atom stereocenters. The Morgan fingerprint density at radius 2 is 2.09 bits per heavy atom. The van der Waals surface area contributed by atoms with Gasteiger partial charge in [0, 0.05) is 36.5 Å². The van der Waals surface area contributed by atoms with E-state index in [-0.39, 0.29) is 12.0 Å². The summed E-state index contributed by atoms with van der Waals surface area (Å²) in [6, 6.07) is 0.382. The van der Waals surface area contributed by atoms with Gasteiger partial charge in [-0.1, -0.05) is 20.8 Å². The van der Waals surface area contributed by atoms with Crippen molar-refractivity contribution in [2.75, 3.05) is 26.7 Å². The van der Waals surface area contributed by atoms with E-state index in [4.69, 9.17) is 10.1 Å². The normalized spacial score (nSPS) is 18.0. The van der Waals surface area contributed by atoms with Gasteiger partial charge in [0.25, 0.3) is 0 Å². The zero-order valence-electron chi connectivity index (χ0n) is 14.0. The Bertz CT molecular complexity index is 502. The number of hydrogen-bond acceptors (Lipinski definition) is 5. The number of piperidine rings is 1. The molecule has 1 aliphatic heterocycles. The van der Waals surface area contributed by atoms with Gasteiger partial charge in [-0.05, 0) is 19.9 Å². The summed E-state index contributed by atoms with van der Waals surface area (Å²) in [4.78, 5) is 19.9. The Kier molecular flexibility index (Phi) is 5.58. The molecule has 2 rings (SSSR count). The maximum Gasteiger partial charge on any atom is 0.317 e. The first-order chi connectivity index (χ1) is 10.3. The van der Waals surface area contributed by atoms with Crippen LogP contribution in [-0.2, 0) is 16.8 Å². The van der Waals surface area contributed by atoms with E-state index in [1.165, 1.54) is 5.01 Å². The molecule has 0 spiro atoms. The minimum Gasteiger partial charge on any atom is -0.480 e. The van der Waals surface area contributed by atoms with Crippen LogP contribution in [0.4, 0.5) is 0 Å². The maximum absolute atomic E-state index is 10.8. The second-order valence-electron chi connectivity index (χ2n) is 7.21. The van der Waals surface area contributed by atoms with Crippen molar-refractivity contribution >= 4 is 17.3 Å². The molecule has 1 fully saturated rings. The third-order valence-corrected chi connectivity index (χ3v) is 5.46. The van der Waals surface area contributed by atoms with Crippen LogP contribution in [0, 0.1) is 0 Å². The van der Waals surface area contributed by atoms with Gasteiger partial charge in [-0.25, -0.2) is 4.98 Å². The van der Waals surface area contributed by atoms with Crippen molar-refractivity contribution in [3.8, 4) is 0 Å². The van der Waals surface area contributed by atoms with Crippen LogP contribution in [0.5, 0.6) is 0 Å². The number of likely N-dealkylation sites (tertiary alicyclic amines) is 1. The van der Waals surface area contributed by atoms with E-state index < -0.39 is 5.97 Å². The molecule has 1 N–H and O–H groups in total. The Morgan fingerprint density at radius 1 is 1.45 bits per heavy atom. The molecule has 0 aromatic carbocycles. The maximum atomic E-state index is 10.8. The van der Waals surface area contributed by atoms with Crippen LogP contribution >= 0.6 is 11.3 Å². The number of aliphatic carboxylic acids is 1. The van der Waals surface area contributed by atoms with Crippen molar-refractivity contribution in [1.82, 2.24) is 14.8 Å². The molecule has 1 aromatic rings. The van der Waals surface area contributed by atoms with E-state index in [0.29, 0.717) is 6.04 Å². The Balaban J connectivity index is 1.82. The molecule has 0 amide bonds. The predicted molar refractivity (Wildman–Crippen MR) is 89.4 cm³/mol. The summed E-state index contributed by atoms with van der Waals surface area (Å²) in [7, 11) is 1.91. The van der Waals surface area contributed by atoms with Crippen molar-refractivity contribution in [2.24, 2.45) is 0 Å². The minimum absolute atomic E-state index is 0.120. The molecule has 0 aliphatic carbocycles. The molecular formula is C16H27N3O2S. The topological polar surface area (TPSA) is 56.7 Å². The quantitative estimate of drug-likeness (QED) is 0.901. The zero-order valence-corrected chi connectivity index (χ0v) is 14.8. The fourth-order valence-corrected chi connectivity index (χ4v) is 3.71. The lowest BCUT2D eigenvalue weighted by Gasteiger charge is -2.35. The van der Waals surface area contributed by atoms with E-state index in [1.807, 2.05) is 11.9 Å². The van der Waals surface area contributed by atoms with Crippen molar-refractivity contribution < 1.29 is 9.90 Å². The second-order valence-corrected chi connectivity index (χ2v) is 8.07. The average molecular weight is 325 g/mol. The highest BCUT2D eigenvalue weighted by Gasteiger charge is 2.24. The Hall–Kier alpha value is -0.980. The van der Waals surface area contributed by atoms with Crippen molar-refractivity contribution in [2.45, 2.75) is 51.6 Å². The van der Waals surface area contributed by atoms with E-state index >= 15 is 0 Å². The van der Waals surface area contributed by atoms with Crippen LogP contribution in [0.2, 0.25) is 0 Å². The van der Waals surface area contributed by atoms with Gasteiger partial charge in [-0.3, -0.25) is 14.6 Å². The summed E-state index contributed by atoms with van der Waals surface area (Å²) in [5.74, 6) is -0.748. The van der Waals surface area contributed by atoms with E-state index in [9.17, 15) is 4.79 Å². The summed E-state index contributed by atoms with van der Waals surface area (Å²) in [6.45, 7) is 9.64. The molecule has 124 valence electrons. The highest BCUT2D eigenvalue weighted by atomic mass is 32.1. The average Bonchev–Trinajstić information content (AvgIpc) is 2.87. The van der Waals surface area contributed by atoms with Crippen LogP contribution in [0.3, 0.4) is 0 Å². The first-order valence-electron chi connectivity index (χ1n) is 7.85. The number of carboxylic acid groups (broad SMARTS) is 1. The summed E-state index contributed by atoms with van der Waals surface area (Å²) < 4.78 is 0. The monoisotopic (exact) mass is 325 g/mol. The van der Waals surface area contributed by atoms with Crippen molar-refractivity contribution in [1.29, 1.82) is 0 Å². The van der Waals surface area contributed by atoms with Gasteiger partial charge in [0.1, 0.15) is 0 Å². The summed E-state index contributed by atoms with van der Waals surface area (Å²) >= 11 is 1.75. The first-order valence-corrected chi connectivity index (χ1v) is 8.73. The SMILES string of the molecule is CN(CC(=O)O)C1CCN(Cc2csc(C(C)(C)C)n2)CC1. The minimum atomic E-state index is -0.748. The van der Waals surface area contributed by atoms with Gasteiger partial charge in [0.15, 0.2) is 0 Å². The molecule has 0 saturated carbocycles. The van der Waals surface area contributed by atoms with E-state index in [1.54, 1.807) is 11.3 Å². The highest BCUT2D eigenvalue weighted by molar-refractivity contribution is 7.09. The molecule has 0 radical (unpaired) electrons. The van der Waals surface area contributed by atoms with Gasteiger partial charge in [-0.2, -0.15) is 0 Å². The highest BCUT2D eigenvalue weighted by Crippen LogP contribution is 2.26. The number of carboxylic acids is 1. The molecule has 1 aromatic heterocycles. The third kappa shape index (κ3) is 4.76. The van der Waals surface area contributed by atoms with Crippen LogP contribution in [0.1, 0.15) is 44.3 Å². The lowest BCUT2D eigenvalue weighted by molar-refractivity contribution is -0.138. The van der Waals surface area contributed by atoms with Crippen LogP contribution in [-0.4, -0.2) is 58.6 Å². The number of likely N-dealkylation sites (N-methyl/N-ethyl adjacent to an activating group) is 1. The summed E-state index contributed by atoms with van der Waals surface area (Å²) in [5, 5.41) is 12.2. The fraction of sp³-hybridized carbons (Fsp3) is 0.750. The Labute approximate surface area is 137 Å². The molecule has 22 heavy (non-hydrogen) atoms. The molecule has 2 heterocycles. The van der Waals surface area contributed by atoms with E-state index in [0.717, 1.165) is 38.2 Å². The number of thiazole rings is 1. The number of carbonyl (C=O) groups is 1. The van der Waals surface area contributed by atoms with Gasteiger partial charge >= 0.3 is 5.97 Å². The van der Waals surface area contributed by atoms with E-state index in [2.05, 4.69) is 31.1 Å². The number of nitrogens with zero attached hydrogens (tertiary/aromatic N) is 3. The van der Waals surface area contributed by atoms with Gasteiger partial charge < -0.3 is 5.11 Å². The molecule has 0 bridgehead atoms. The lowest BCUT2D eigenvalue weighted by Crippen LogP contribution is -2.44. The first kappa shape index (κ1) is 17.4. The second kappa shape index (κ2) is 7.06. The lowest BCUT2D eigenvalue weighted by atomic mass is 9.98. The van der Waals surface area contributed by atoms with Gasteiger partial charge in [0.2, 0.25) is 0 Å². The standard InChI is InChI=1S/C16H27N3O2S/c1-16(2,3)15-17-12(11-22-15)9-19-7-5-13(6-8-19)18(4)10-14(20)21/h11,13H,5-10H2,1-4H3,(H,20,21). The molecular weight excluding hydrogens is 298 g/mol. The zero-order chi connectivity index (χ0) is 16.3. The number of hydrogen-bond donors (Lipinski definition) is 1. The molecule has 0 atom stereocenters. The number of aromatic nitrogens is 1. The Morgan fingerprint density at radius 3 is 2.59 bits per heavy atom. The van der Waals surface area contributed by atoms with Crippen molar-refractivity contribution in [3.63, 3.8) is 0 Å².